The first kappa shape index (κ1) is 14.1. The fourth-order valence-corrected chi connectivity index (χ4v) is 2.99. The van der Waals surface area contributed by atoms with Crippen molar-refractivity contribution < 1.29 is 9.53 Å². The Morgan fingerprint density at radius 1 is 1.21 bits per heavy atom. The number of ketones is 1. The molecule has 2 heteroatoms. The van der Waals surface area contributed by atoms with E-state index in [4.69, 9.17) is 4.74 Å². The molecule has 0 N–H and O–H groups in total. The second kappa shape index (κ2) is 7.32. The van der Waals surface area contributed by atoms with Crippen LogP contribution in [0.2, 0.25) is 0 Å². The molecule has 1 aliphatic rings. The molecule has 104 valence electrons. The lowest BCUT2D eigenvalue weighted by atomic mass is 9.77. The predicted molar refractivity (Wildman–Crippen MR) is 77.3 cm³/mol. The maximum Gasteiger partial charge on any atom is 0.136 e. The van der Waals surface area contributed by atoms with Crippen LogP contribution in [0, 0.1) is 11.8 Å². The second-order valence-electron chi connectivity index (χ2n) is 5.54. The Morgan fingerprint density at radius 3 is 2.74 bits per heavy atom. The Labute approximate surface area is 116 Å². The van der Waals surface area contributed by atoms with Crippen molar-refractivity contribution in [3.05, 3.63) is 30.3 Å². The average molecular weight is 260 g/mol. The van der Waals surface area contributed by atoms with E-state index in [1.165, 1.54) is 12.8 Å². The molecule has 2 unspecified atom stereocenters. The van der Waals surface area contributed by atoms with Crippen LogP contribution in [0.15, 0.2) is 30.3 Å². The van der Waals surface area contributed by atoms with Gasteiger partial charge in [-0.25, -0.2) is 0 Å². The van der Waals surface area contributed by atoms with E-state index in [0.29, 0.717) is 12.4 Å². The van der Waals surface area contributed by atoms with Gasteiger partial charge in [0.25, 0.3) is 0 Å². The number of benzene rings is 1. The maximum atomic E-state index is 11.9. The molecule has 0 heterocycles. The van der Waals surface area contributed by atoms with Gasteiger partial charge in [-0.1, -0.05) is 38.0 Å². The van der Waals surface area contributed by atoms with Crippen LogP contribution in [0.4, 0.5) is 0 Å². The summed E-state index contributed by atoms with van der Waals surface area (Å²) in [7, 11) is 0. The van der Waals surface area contributed by atoms with E-state index >= 15 is 0 Å². The van der Waals surface area contributed by atoms with Crippen molar-refractivity contribution in [2.45, 2.75) is 45.4 Å². The first-order valence-corrected chi connectivity index (χ1v) is 7.50. The molecule has 0 aromatic heterocycles. The van der Waals surface area contributed by atoms with Crippen molar-refractivity contribution in [2.24, 2.45) is 11.8 Å². The second-order valence-corrected chi connectivity index (χ2v) is 5.54. The lowest BCUT2D eigenvalue weighted by molar-refractivity contribution is -0.126. The highest BCUT2D eigenvalue weighted by Gasteiger charge is 2.27. The summed E-state index contributed by atoms with van der Waals surface area (Å²) >= 11 is 0. The molecule has 0 spiro atoms. The Balaban J connectivity index is 1.76. The minimum atomic E-state index is 0.231. The molecule has 2 rings (SSSR count). The monoisotopic (exact) mass is 260 g/mol. The zero-order chi connectivity index (χ0) is 13.5. The van der Waals surface area contributed by atoms with Gasteiger partial charge >= 0.3 is 0 Å². The largest absolute Gasteiger partial charge is 0.494 e. The van der Waals surface area contributed by atoms with Crippen LogP contribution < -0.4 is 4.74 Å². The van der Waals surface area contributed by atoms with E-state index in [1.54, 1.807) is 0 Å². The number of para-hydroxylation sites is 1. The third kappa shape index (κ3) is 4.38. The molecule has 1 aromatic carbocycles. The fourth-order valence-electron chi connectivity index (χ4n) is 2.99. The summed E-state index contributed by atoms with van der Waals surface area (Å²) in [5.41, 5.74) is 0. The summed E-state index contributed by atoms with van der Waals surface area (Å²) in [4.78, 5) is 11.9. The van der Waals surface area contributed by atoms with Crippen LogP contribution in [-0.2, 0) is 4.79 Å². The minimum Gasteiger partial charge on any atom is -0.494 e. The topological polar surface area (TPSA) is 26.3 Å². The summed E-state index contributed by atoms with van der Waals surface area (Å²) in [6.07, 6.45) is 6.32. The number of rotatable bonds is 6. The third-order valence-electron chi connectivity index (χ3n) is 4.05. The van der Waals surface area contributed by atoms with Crippen LogP contribution in [0.1, 0.15) is 45.4 Å². The summed E-state index contributed by atoms with van der Waals surface area (Å²) < 4.78 is 5.70. The van der Waals surface area contributed by atoms with E-state index in [-0.39, 0.29) is 5.92 Å². The zero-order valence-electron chi connectivity index (χ0n) is 11.8. The Kier molecular flexibility index (Phi) is 5.44. The zero-order valence-corrected chi connectivity index (χ0v) is 11.8. The third-order valence-corrected chi connectivity index (χ3v) is 4.05. The van der Waals surface area contributed by atoms with Gasteiger partial charge in [0.05, 0.1) is 6.61 Å². The molecule has 1 fully saturated rings. The highest BCUT2D eigenvalue weighted by Crippen LogP contribution is 2.31. The summed E-state index contributed by atoms with van der Waals surface area (Å²) in [5.74, 6) is 2.33. The minimum absolute atomic E-state index is 0.231. The molecule has 1 aliphatic carbocycles. The van der Waals surface area contributed by atoms with Crippen molar-refractivity contribution >= 4 is 5.78 Å². The van der Waals surface area contributed by atoms with Gasteiger partial charge < -0.3 is 4.74 Å². The molecule has 0 amide bonds. The lowest BCUT2D eigenvalue weighted by Crippen LogP contribution is -2.26. The van der Waals surface area contributed by atoms with Gasteiger partial charge in [0.1, 0.15) is 11.5 Å². The van der Waals surface area contributed by atoms with Gasteiger partial charge in [0, 0.05) is 12.3 Å². The van der Waals surface area contributed by atoms with E-state index in [1.807, 2.05) is 30.3 Å². The molecular formula is C17H24O2. The van der Waals surface area contributed by atoms with Crippen molar-refractivity contribution in [1.29, 1.82) is 0 Å². The number of Topliss-reactive ketones (excluding diaryl/α,β-unsaturated/α-hetero) is 1. The maximum absolute atomic E-state index is 11.9. The normalized spacial score (nSPS) is 23.3. The van der Waals surface area contributed by atoms with Crippen molar-refractivity contribution in [3.8, 4) is 5.75 Å². The van der Waals surface area contributed by atoms with Gasteiger partial charge in [-0.3, -0.25) is 4.79 Å². The van der Waals surface area contributed by atoms with Crippen LogP contribution in [0.5, 0.6) is 5.75 Å². The summed E-state index contributed by atoms with van der Waals surface area (Å²) in [5, 5.41) is 0. The number of carbonyl (C=O) groups excluding carboxylic acids is 1. The molecule has 0 radical (unpaired) electrons. The molecule has 0 bridgehead atoms. The molecule has 2 nitrogen and oxygen atoms in total. The van der Waals surface area contributed by atoms with Crippen LogP contribution in [0.3, 0.4) is 0 Å². The first-order chi connectivity index (χ1) is 9.29. The highest BCUT2D eigenvalue weighted by molar-refractivity contribution is 5.81. The SMILES string of the molecule is CCCC1CCC(=O)C(CCOc2ccccc2)C1. The first-order valence-electron chi connectivity index (χ1n) is 7.50. The Morgan fingerprint density at radius 2 is 2.00 bits per heavy atom. The molecule has 0 aliphatic heterocycles. The van der Waals surface area contributed by atoms with Gasteiger partial charge in [0.2, 0.25) is 0 Å². The van der Waals surface area contributed by atoms with Crippen molar-refractivity contribution in [1.82, 2.24) is 0 Å². The number of ether oxygens (including phenoxy) is 1. The van der Waals surface area contributed by atoms with Gasteiger partial charge in [-0.2, -0.15) is 0 Å². The van der Waals surface area contributed by atoms with Crippen LogP contribution >= 0.6 is 0 Å². The van der Waals surface area contributed by atoms with Crippen molar-refractivity contribution in [3.63, 3.8) is 0 Å². The summed E-state index contributed by atoms with van der Waals surface area (Å²) in [6, 6.07) is 9.84. The van der Waals surface area contributed by atoms with Gasteiger partial charge in [-0.05, 0) is 37.3 Å². The molecule has 1 aromatic rings. The molecule has 0 saturated heterocycles. The molecule has 1 saturated carbocycles. The van der Waals surface area contributed by atoms with Gasteiger partial charge in [-0.15, -0.1) is 0 Å². The lowest BCUT2D eigenvalue weighted by Gasteiger charge is -2.27. The molecule has 2 atom stereocenters. The highest BCUT2D eigenvalue weighted by atomic mass is 16.5. The number of hydrogen-bond acceptors (Lipinski definition) is 2. The Bertz CT molecular complexity index is 386. The van der Waals surface area contributed by atoms with Crippen molar-refractivity contribution in [2.75, 3.05) is 6.61 Å². The van der Waals surface area contributed by atoms with Crippen LogP contribution in [-0.4, -0.2) is 12.4 Å². The predicted octanol–water partition coefficient (Wildman–Crippen LogP) is 4.24. The number of carbonyl (C=O) groups is 1. The quantitative estimate of drug-likeness (QED) is 0.764. The van der Waals surface area contributed by atoms with E-state index in [2.05, 4.69) is 6.92 Å². The number of hydrogen-bond donors (Lipinski definition) is 0. The smallest absolute Gasteiger partial charge is 0.136 e. The fraction of sp³-hybridized carbons (Fsp3) is 0.588. The van der Waals surface area contributed by atoms with Crippen LogP contribution in [0.25, 0.3) is 0 Å². The standard InChI is InChI=1S/C17H24O2/c1-2-6-14-9-10-17(18)15(13-14)11-12-19-16-7-4-3-5-8-16/h3-5,7-8,14-15H,2,6,9-13H2,1H3. The Hall–Kier alpha value is -1.31. The average Bonchev–Trinajstić information content (AvgIpc) is 2.44. The van der Waals surface area contributed by atoms with Gasteiger partial charge in [0.15, 0.2) is 0 Å². The van der Waals surface area contributed by atoms with E-state index in [0.717, 1.165) is 37.4 Å². The van der Waals surface area contributed by atoms with E-state index < -0.39 is 0 Å². The summed E-state index contributed by atoms with van der Waals surface area (Å²) in [6.45, 7) is 2.88. The van der Waals surface area contributed by atoms with E-state index in [9.17, 15) is 4.79 Å². The molecular weight excluding hydrogens is 236 g/mol. The molecule has 19 heavy (non-hydrogen) atoms.